The molecule has 0 saturated carbocycles. The molecule has 2 aliphatic heterocycles. The summed E-state index contributed by atoms with van der Waals surface area (Å²) < 4.78 is 114. The molecule has 5 rings (SSSR count). The molecule has 1 N–H and O–H groups in total. The Labute approximate surface area is 272 Å². The number of nitrogens with zero attached hydrogens (tertiary/aromatic N) is 3. The first kappa shape index (κ1) is 35.0. The van der Waals surface area contributed by atoms with Crippen molar-refractivity contribution in [1.29, 1.82) is 0 Å². The first-order valence-electron chi connectivity index (χ1n) is 14.7. The maximum atomic E-state index is 14.4. The van der Waals surface area contributed by atoms with Crippen molar-refractivity contribution in [3.8, 4) is 11.5 Å². The second kappa shape index (κ2) is 12.6. The van der Waals surface area contributed by atoms with Crippen LogP contribution in [0.15, 0.2) is 83.8 Å². The average Bonchev–Trinajstić information content (AvgIpc) is 3.51. The van der Waals surface area contributed by atoms with Gasteiger partial charge in [-0.3, -0.25) is 4.79 Å². The fourth-order valence-corrected chi connectivity index (χ4v) is 8.09. The highest BCUT2D eigenvalue weighted by Crippen LogP contribution is 2.51. The molecule has 48 heavy (non-hydrogen) atoms. The Morgan fingerprint density at radius 3 is 1.77 bits per heavy atom. The molecule has 0 spiro atoms. The summed E-state index contributed by atoms with van der Waals surface area (Å²) in [5, 5.41) is 9.89. The number of carbonyl (C=O) groups excluding carboxylic acids is 2. The number of halogens is 6. The maximum absolute atomic E-state index is 14.4. The predicted octanol–water partition coefficient (Wildman–Crippen LogP) is 5.45. The molecule has 3 amide bonds. The number of benzene rings is 3. The van der Waals surface area contributed by atoms with Crippen LogP contribution in [0.3, 0.4) is 0 Å². The van der Waals surface area contributed by atoms with Crippen LogP contribution in [0.5, 0.6) is 11.5 Å². The van der Waals surface area contributed by atoms with Gasteiger partial charge < -0.3 is 24.5 Å². The number of likely N-dealkylation sites (tertiary alicyclic amines) is 1. The second-order valence-corrected chi connectivity index (χ2v) is 13.9. The number of aliphatic hydroxyl groups is 1. The zero-order valence-electron chi connectivity index (χ0n) is 25.5. The third kappa shape index (κ3) is 6.18. The summed E-state index contributed by atoms with van der Waals surface area (Å²) in [6.45, 7) is 1.71. The van der Waals surface area contributed by atoms with Gasteiger partial charge in [0.15, 0.2) is 9.84 Å². The normalized spacial score (nSPS) is 19.4. The molecular weight excluding hydrogens is 668 g/mol. The number of urea groups is 1. The first-order valence-corrected chi connectivity index (χ1v) is 16.2. The molecule has 9 nitrogen and oxygen atoms in total. The molecule has 2 fully saturated rings. The van der Waals surface area contributed by atoms with Crippen LogP contribution in [0.25, 0.3) is 0 Å². The van der Waals surface area contributed by atoms with Crippen molar-refractivity contribution in [2.75, 3.05) is 39.3 Å². The minimum Gasteiger partial charge on any atom is -0.457 e. The predicted molar refractivity (Wildman–Crippen MR) is 160 cm³/mol. The lowest BCUT2D eigenvalue weighted by Crippen LogP contribution is -2.54. The van der Waals surface area contributed by atoms with Gasteiger partial charge in [0.05, 0.1) is 4.90 Å². The monoisotopic (exact) mass is 699 g/mol. The third-order valence-corrected chi connectivity index (χ3v) is 11.3. The SMILES string of the molecule is CC(=O)N1CCN(C(=O)N2CCC(c3ccc(C(O)(C(F)(F)F)C(F)(F)F)cc3)(S(=O)(=O)c3ccc(Oc4ccccc4)cc3)C2)CC1. The van der Waals surface area contributed by atoms with E-state index in [1.165, 1.54) is 41.0 Å². The minimum absolute atomic E-state index is 0.100. The van der Waals surface area contributed by atoms with Crippen molar-refractivity contribution in [3.63, 3.8) is 0 Å². The summed E-state index contributed by atoms with van der Waals surface area (Å²) in [4.78, 5) is 29.3. The topological polar surface area (TPSA) is 107 Å². The van der Waals surface area contributed by atoms with Gasteiger partial charge in [0.25, 0.3) is 5.60 Å². The fraction of sp³-hybridized carbons (Fsp3) is 0.375. The van der Waals surface area contributed by atoms with E-state index in [1.54, 1.807) is 35.2 Å². The molecule has 3 aromatic rings. The molecule has 2 saturated heterocycles. The third-order valence-electron chi connectivity index (χ3n) is 8.77. The summed E-state index contributed by atoms with van der Waals surface area (Å²) in [6.07, 6.45) is -12.5. The number of carbonyl (C=O) groups is 2. The van der Waals surface area contributed by atoms with Crippen LogP contribution in [-0.4, -0.2) is 91.8 Å². The van der Waals surface area contributed by atoms with Gasteiger partial charge in [0, 0.05) is 51.8 Å². The van der Waals surface area contributed by atoms with Crippen molar-refractivity contribution in [3.05, 3.63) is 90.0 Å². The Bertz CT molecular complexity index is 1730. The second-order valence-electron chi connectivity index (χ2n) is 11.6. The number of ether oxygens (including phenoxy) is 1. The Morgan fingerprint density at radius 1 is 0.729 bits per heavy atom. The Morgan fingerprint density at radius 2 is 1.25 bits per heavy atom. The van der Waals surface area contributed by atoms with Gasteiger partial charge in [-0.25, -0.2) is 13.2 Å². The average molecular weight is 700 g/mol. The van der Waals surface area contributed by atoms with Gasteiger partial charge in [-0.1, -0.05) is 42.5 Å². The Balaban J connectivity index is 1.51. The highest BCUT2D eigenvalue weighted by Gasteiger charge is 2.71. The van der Waals surface area contributed by atoms with Crippen LogP contribution < -0.4 is 4.74 Å². The number of piperazine rings is 1. The molecule has 0 radical (unpaired) electrons. The number of amides is 3. The zero-order chi connectivity index (χ0) is 35.1. The number of hydrogen-bond acceptors (Lipinski definition) is 6. The van der Waals surface area contributed by atoms with Crippen LogP contribution in [0.2, 0.25) is 0 Å². The summed E-state index contributed by atoms with van der Waals surface area (Å²) in [7, 11) is -4.49. The number of alkyl halides is 6. The van der Waals surface area contributed by atoms with E-state index in [0.717, 1.165) is 12.1 Å². The van der Waals surface area contributed by atoms with Crippen LogP contribution in [0, 0.1) is 0 Å². The zero-order valence-corrected chi connectivity index (χ0v) is 26.3. The standard InChI is InChI=1S/C32H31F6N3O6S/c1-22(42)39-17-19-40(20-18-39)28(43)41-16-15-29(21-41,23-7-9-24(10-8-23)30(44,31(33,34)35)32(36,37)38)48(45,46)27-13-11-26(12-14-27)47-25-5-3-2-4-6-25/h2-14,44H,15-21H2,1H3. The van der Waals surface area contributed by atoms with E-state index in [-0.39, 0.29) is 55.5 Å². The van der Waals surface area contributed by atoms with Crippen molar-refractivity contribution < 1.29 is 54.2 Å². The lowest BCUT2D eigenvalue weighted by atomic mass is 9.89. The molecule has 0 aromatic heterocycles. The molecule has 2 heterocycles. The van der Waals surface area contributed by atoms with Crippen molar-refractivity contribution >= 4 is 21.8 Å². The summed E-state index contributed by atoms with van der Waals surface area (Å²) in [5.41, 5.74) is -6.92. The number of para-hydroxylation sites is 1. The molecule has 1 unspecified atom stereocenters. The molecular formula is C32H31F6N3O6S. The van der Waals surface area contributed by atoms with E-state index in [1.807, 2.05) is 0 Å². The minimum atomic E-state index is -6.14. The van der Waals surface area contributed by atoms with Gasteiger partial charge in [-0.15, -0.1) is 0 Å². The van der Waals surface area contributed by atoms with Crippen LogP contribution in [0.1, 0.15) is 24.5 Å². The van der Waals surface area contributed by atoms with Gasteiger partial charge in [0.2, 0.25) is 5.91 Å². The van der Waals surface area contributed by atoms with Crippen LogP contribution >= 0.6 is 0 Å². The summed E-state index contributed by atoms with van der Waals surface area (Å²) in [6, 6.07) is 15.8. The van der Waals surface area contributed by atoms with Gasteiger partial charge in [-0.05, 0) is 48.4 Å². The molecule has 16 heteroatoms. The number of rotatable bonds is 6. The molecule has 0 aliphatic carbocycles. The van der Waals surface area contributed by atoms with E-state index in [0.29, 0.717) is 23.6 Å². The quantitative estimate of drug-likeness (QED) is 0.343. The van der Waals surface area contributed by atoms with E-state index in [4.69, 9.17) is 4.74 Å². The number of hydrogen-bond donors (Lipinski definition) is 1. The lowest BCUT2D eigenvalue weighted by Gasteiger charge is -2.37. The smallest absolute Gasteiger partial charge is 0.430 e. The van der Waals surface area contributed by atoms with E-state index >= 15 is 0 Å². The first-order chi connectivity index (χ1) is 22.4. The Hall–Kier alpha value is -4.31. The van der Waals surface area contributed by atoms with E-state index in [9.17, 15) is 49.5 Å². The van der Waals surface area contributed by atoms with Crippen molar-refractivity contribution in [1.82, 2.24) is 14.7 Å². The number of sulfone groups is 1. The van der Waals surface area contributed by atoms with Crippen molar-refractivity contribution in [2.45, 2.75) is 40.9 Å². The molecule has 2 aliphatic rings. The van der Waals surface area contributed by atoms with Crippen molar-refractivity contribution in [2.24, 2.45) is 0 Å². The Kier molecular flexibility index (Phi) is 9.20. The summed E-state index contributed by atoms with van der Waals surface area (Å²) >= 11 is 0. The van der Waals surface area contributed by atoms with Gasteiger partial charge >= 0.3 is 18.4 Å². The molecule has 0 bridgehead atoms. The maximum Gasteiger partial charge on any atom is 0.430 e. The fourth-order valence-electron chi connectivity index (χ4n) is 6.01. The molecule has 3 aromatic carbocycles. The van der Waals surface area contributed by atoms with E-state index < -0.39 is 50.7 Å². The molecule has 1 atom stereocenters. The highest BCUT2D eigenvalue weighted by atomic mass is 32.2. The lowest BCUT2D eigenvalue weighted by molar-refractivity contribution is -0.376. The van der Waals surface area contributed by atoms with Crippen LogP contribution in [-0.2, 0) is 25.0 Å². The highest BCUT2D eigenvalue weighted by molar-refractivity contribution is 7.92. The van der Waals surface area contributed by atoms with Gasteiger partial charge in [0.1, 0.15) is 16.2 Å². The summed E-state index contributed by atoms with van der Waals surface area (Å²) in [5.74, 6) is 0.612. The van der Waals surface area contributed by atoms with Crippen LogP contribution in [0.4, 0.5) is 31.1 Å². The van der Waals surface area contributed by atoms with Gasteiger partial charge in [-0.2, -0.15) is 26.3 Å². The molecule has 258 valence electrons. The largest absolute Gasteiger partial charge is 0.457 e. The van der Waals surface area contributed by atoms with E-state index in [2.05, 4.69) is 0 Å².